The van der Waals surface area contributed by atoms with Gasteiger partial charge in [-0.2, -0.15) is 5.10 Å². The summed E-state index contributed by atoms with van der Waals surface area (Å²) in [5, 5.41) is 7.37. The Morgan fingerprint density at radius 1 is 1.00 bits per heavy atom. The molecule has 0 unspecified atom stereocenters. The minimum atomic E-state index is -0.151. The van der Waals surface area contributed by atoms with Crippen molar-refractivity contribution in [1.29, 1.82) is 0 Å². The van der Waals surface area contributed by atoms with E-state index in [-0.39, 0.29) is 11.8 Å². The quantitative estimate of drug-likeness (QED) is 0.441. The van der Waals surface area contributed by atoms with Crippen LogP contribution in [0.5, 0.6) is 0 Å². The van der Waals surface area contributed by atoms with E-state index in [4.69, 9.17) is 4.98 Å². The number of nitrogens with zero attached hydrogens (tertiary/aromatic N) is 7. The molecule has 1 N–H and O–H groups in total. The first-order chi connectivity index (χ1) is 16.7. The van der Waals surface area contributed by atoms with Gasteiger partial charge >= 0.3 is 0 Å². The van der Waals surface area contributed by atoms with Crippen LogP contribution in [0.4, 0.5) is 11.6 Å². The summed E-state index contributed by atoms with van der Waals surface area (Å²) in [6.07, 6.45) is 6.98. The smallest absolute Gasteiger partial charge is 0.232 e. The lowest BCUT2D eigenvalue weighted by molar-refractivity contribution is -0.120. The number of nitrogens with one attached hydrogen (secondary N) is 1. The zero-order valence-corrected chi connectivity index (χ0v) is 18.5. The first-order valence-electron chi connectivity index (χ1n) is 11.1. The normalized spacial score (nSPS) is 13.7. The zero-order valence-electron chi connectivity index (χ0n) is 18.5. The maximum atomic E-state index is 13.2. The van der Waals surface area contributed by atoms with Crippen LogP contribution in [-0.2, 0) is 4.79 Å². The molecule has 0 atom stereocenters. The van der Waals surface area contributed by atoms with Gasteiger partial charge in [0.15, 0.2) is 5.82 Å². The third kappa shape index (κ3) is 3.47. The summed E-state index contributed by atoms with van der Waals surface area (Å²) in [6, 6.07) is 17.6. The monoisotopic (exact) mass is 450 g/mol. The summed E-state index contributed by atoms with van der Waals surface area (Å²) < 4.78 is 3.61. The van der Waals surface area contributed by atoms with Gasteiger partial charge in [-0.3, -0.25) is 9.20 Å². The number of carbonyl (C=O) groups is 1. The number of carbonyl (C=O) groups excluding carboxylic acids is 1. The maximum Gasteiger partial charge on any atom is 0.232 e. The molecule has 0 radical (unpaired) electrons. The Morgan fingerprint density at radius 3 is 2.65 bits per heavy atom. The Kier molecular flexibility index (Phi) is 4.80. The second-order valence-corrected chi connectivity index (χ2v) is 8.33. The molecule has 4 aromatic heterocycles. The topological polar surface area (TPSA) is 93.2 Å². The molecular formula is C25H22N8O. The third-order valence-corrected chi connectivity index (χ3v) is 6.13. The highest BCUT2D eigenvalue weighted by Crippen LogP contribution is 2.32. The van der Waals surface area contributed by atoms with Gasteiger partial charge in [-0.1, -0.05) is 30.3 Å². The lowest BCUT2D eigenvalue weighted by Crippen LogP contribution is -2.52. The molecule has 1 fully saturated rings. The third-order valence-electron chi connectivity index (χ3n) is 6.13. The number of imidazole rings is 1. The van der Waals surface area contributed by atoms with Crippen molar-refractivity contribution < 1.29 is 4.79 Å². The number of rotatable bonds is 5. The Morgan fingerprint density at radius 2 is 1.82 bits per heavy atom. The van der Waals surface area contributed by atoms with E-state index in [1.54, 1.807) is 10.9 Å². The summed E-state index contributed by atoms with van der Waals surface area (Å²) in [7, 11) is 0. The van der Waals surface area contributed by atoms with Crippen LogP contribution in [0.1, 0.15) is 5.56 Å². The Bertz CT molecular complexity index is 1480. The number of hydrogen-bond donors (Lipinski definition) is 1. The maximum absolute atomic E-state index is 13.2. The molecule has 1 aliphatic heterocycles. The Hall–Kier alpha value is -4.53. The van der Waals surface area contributed by atoms with Gasteiger partial charge < -0.3 is 10.2 Å². The molecule has 5 aromatic rings. The van der Waals surface area contributed by atoms with E-state index in [0.717, 1.165) is 28.3 Å². The number of pyridine rings is 1. The molecule has 0 bridgehead atoms. The SMILES string of the molecule is Cc1ccccc1-c1nc2ccccn2c1NC(=O)C1CN(c2cc(-n3cccn3)ncn2)C1. The second-order valence-electron chi connectivity index (χ2n) is 8.33. The molecule has 9 heteroatoms. The lowest BCUT2D eigenvalue weighted by Gasteiger charge is -2.39. The van der Waals surface area contributed by atoms with Crippen LogP contribution >= 0.6 is 0 Å². The fourth-order valence-corrected chi connectivity index (χ4v) is 4.23. The second kappa shape index (κ2) is 8.11. The average molecular weight is 451 g/mol. The van der Waals surface area contributed by atoms with E-state index in [2.05, 4.69) is 25.3 Å². The fraction of sp³-hybridized carbons (Fsp3) is 0.160. The fourth-order valence-electron chi connectivity index (χ4n) is 4.23. The molecule has 9 nitrogen and oxygen atoms in total. The minimum Gasteiger partial charge on any atom is -0.355 e. The molecule has 0 saturated carbocycles. The molecular weight excluding hydrogens is 428 g/mol. The Labute approximate surface area is 195 Å². The van der Waals surface area contributed by atoms with Gasteiger partial charge in [-0.15, -0.1) is 0 Å². The Balaban J connectivity index is 1.23. The van der Waals surface area contributed by atoms with E-state index in [1.807, 2.05) is 78.3 Å². The highest BCUT2D eigenvalue weighted by molar-refractivity contribution is 5.97. The van der Waals surface area contributed by atoms with E-state index in [0.29, 0.717) is 24.7 Å². The zero-order chi connectivity index (χ0) is 23.1. The first kappa shape index (κ1) is 20.1. The number of aromatic nitrogens is 6. The summed E-state index contributed by atoms with van der Waals surface area (Å²) >= 11 is 0. The lowest BCUT2D eigenvalue weighted by atomic mass is 9.99. The van der Waals surface area contributed by atoms with Crippen LogP contribution < -0.4 is 10.2 Å². The van der Waals surface area contributed by atoms with E-state index < -0.39 is 0 Å². The summed E-state index contributed by atoms with van der Waals surface area (Å²) in [6.45, 7) is 3.21. The van der Waals surface area contributed by atoms with Crippen molar-refractivity contribution in [2.24, 2.45) is 5.92 Å². The molecule has 6 rings (SSSR count). The largest absolute Gasteiger partial charge is 0.355 e. The molecule has 1 aliphatic rings. The van der Waals surface area contributed by atoms with Crippen molar-refractivity contribution in [2.75, 3.05) is 23.3 Å². The van der Waals surface area contributed by atoms with Crippen molar-refractivity contribution >= 4 is 23.2 Å². The van der Waals surface area contributed by atoms with Crippen LogP contribution in [-0.4, -0.2) is 48.1 Å². The predicted molar refractivity (Wildman–Crippen MR) is 129 cm³/mol. The van der Waals surface area contributed by atoms with Gasteiger partial charge in [0.25, 0.3) is 0 Å². The van der Waals surface area contributed by atoms with Crippen LogP contribution in [0, 0.1) is 12.8 Å². The number of benzene rings is 1. The van der Waals surface area contributed by atoms with Gasteiger partial charge in [0.2, 0.25) is 5.91 Å². The van der Waals surface area contributed by atoms with Gasteiger partial charge in [0, 0.05) is 43.3 Å². The standard InChI is InChI=1S/C25H22N8O/c1-17-7-2-3-8-19(17)23-24(32-11-5-4-9-20(32)29-23)30-25(34)18-14-31(15-18)21-13-22(27-16-26-21)33-12-6-10-28-33/h2-13,16,18H,14-15H2,1H3,(H,30,34). The molecule has 0 spiro atoms. The van der Waals surface area contributed by atoms with Crippen LogP contribution in [0.25, 0.3) is 22.7 Å². The first-order valence-corrected chi connectivity index (χ1v) is 11.1. The van der Waals surface area contributed by atoms with Gasteiger partial charge in [0.1, 0.15) is 29.3 Å². The van der Waals surface area contributed by atoms with Crippen molar-refractivity contribution in [3.05, 3.63) is 85.1 Å². The number of fused-ring (bicyclic) bond motifs is 1. The molecule has 168 valence electrons. The summed E-state index contributed by atoms with van der Waals surface area (Å²) in [5.74, 6) is 1.98. The van der Waals surface area contributed by atoms with Crippen molar-refractivity contribution in [1.82, 2.24) is 29.1 Å². The molecule has 5 heterocycles. The van der Waals surface area contributed by atoms with Crippen LogP contribution in [0.15, 0.2) is 79.5 Å². The number of aryl methyl sites for hydroxylation is 1. The van der Waals surface area contributed by atoms with Crippen molar-refractivity contribution in [3.8, 4) is 17.1 Å². The average Bonchev–Trinajstić information content (AvgIpc) is 3.48. The molecule has 1 saturated heterocycles. The van der Waals surface area contributed by atoms with E-state index >= 15 is 0 Å². The highest BCUT2D eigenvalue weighted by Gasteiger charge is 2.34. The van der Waals surface area contributed by atoms with Crippen molar-refractivity contribution in [2.45, 2.75) is 6.92 Å². The number of amides is 1. The number of hydrogen-bond acceptors (Lipinski definition) is 6. The highest BCUT2D eigenvalue weighted by atomic mass is 16.2. The summed E-state index contributed by atoms with van der Waals surface area (Å²) in [5.41, 5.74) is 3.67. The van der Waals surface area contributed by atoms with Gasteiger partial charge in [-0.25, -0.2) is 19.6 Å². The van der Waals surface area contributed by atoms with Gasteiger partial charge in [0.05, 0.1) is 5.92 Å². The van der Waals surface area contributed by atoms with Crippen molar-refractivity contribution in [3.63, 3.8) is 0 Å². The molecule has 1 amide bonds. The molecule has 34 heavy (non-hydrogen) atoms. The predicted octanol–water partition coefficient (Wildman–Crippen LogP) is 3.36. The van der Waals surface area contributed by atoms with Crippen LogP contribution in [0.2, 0.25) is 0 Å². The van der Waals surface area contributed by atoms with E-state index in [1.165, 1.54) is 6.33 Å². The summed E-state index contributed by atoms with van der Waals surface area (Å²) in [4.78, 5) is 28.7. The molecule has 1 aromatic carbocycles. The molecule has 0 aliphatic carbocycles. The minimum absolute atomic E-state index is 0.0295. The number of anilines is 2. The van der Waals surface area contributed by atoms with Crippen LogP contribution in [0.3, 0.4) is 0 Å². The van der Waals surface area contributed by atoms with Gasteiger partial charge in [-0.05, 0) is 30.7 Å². The van der Waals surface area contributed by atoms with E-state index in [9.17, 15) is 4.79 Å².